The Balaban J connectivity index is 0.000000143. The normalized spacial score (nSPS) is 11.7. The number of fused-ring (bicyclic) bond motifs is 4. The number of pyridine rings is 2. The molecule has 0 radical (unpaired) electrons. The molecule has 8 aromatic carbocycles. The van der Waals surface area contributed by atoms with Crippen molar-refractivity contribution in [1.82, 2.24) is 64.8 Å². The van der Waals surface area contributed by atoms with Gasteiger partial charge in [-0.25, -0.2) is 41.1 Å². The highest BCUT2D eigenvalue weighted by atomic mass is 19.3. The topological polar surface area (TPSA) is 261 Å². The lowest BCUT2D eigenvalue weighted by atomic mass is 10.1. The number of nitrogens with zero attached hydrogens (tertiary/aromatic N) is 15. The SMILES string of the molecule is CC(C)Cn1c(=O)n(C)c(=O)c2c(N(C)c3ccccc3)n(Cc3ccc(-c4ccccn4)cc3)cc21.CC(C)Cn1c(=O)n(C)c(=O)c2c(Nc3ccc(F)cc3)n(Cc3ccc(-c4ccccn4)cc3)cc21.CC(C)Cn1c(=O)n(C)c(=O)c2c(Nc3ccccc3)n(Cc3ccc(C(C)(F)F)cc3)cc21.CC(C)Cn1c(=O)n(C)c(=O)c2cn(Cc3ccc(C(C)(F)F)cc3)c(Nc3ccccc3)c21. The third-order valence-electron chi connectivity index (χ3n) is 24.5. The van der Waals surface area contributed by atoms with Gasteiger partial charge in [-0.2, -0.15) is 0 Å². The second kappa shape index (κ2) is 42.6. The third kappa shape index (κ3) is 22.2. The molecule has 31 heteroatoms. The fourth-order valence-electron chi connectivity index (χ4n) is 17.4. The average molecular weight is 1920 g/mol. The van der Waals surface area contributed by atoms with E-state index in [1.54, 1.807) is 86.5 Å². The smallest absolute Gasteiger partial charge is 0.331 e. The molecule has 18 rings (SSSR count). The Kier molecular flexibility index (Phi) is 30.1. The van der Waals surface area contributed by atoms with Crippen LogP contribution in [0.25, 0.3) is 66.1 Å². The van der Waals surface area contributed by atoms with Crippen LogP contribution in [-0.4, -0.2) is 71.8 Å². The number of alkyl halides is 4. The molecule has 0 spiro atoms. The van der Waals surface area contributed by atoms with Crippen LogP contribution in [-0.2, 0) is 92.4 Å². The van der Waals surface area contributed by atoms with E-state index in [1.807, 2.05) is 231 Å². The highest BCUT2D eigenvalue weighted by molar-refractivity contribution is 5.96. The number of nitrogens with one attached hydrogen (secondary N) is 3. The molecule has 0 aliphatic heterocycles. The Morgan fingerprint density at radius 2 is 0.648 bits per heavy atom. The maximum Gasteiger partial charge on any atom is 0.331 e. The molecule has 26 nitrogen and oxygen atoms in total. The molecule has 18 aromatic rings. The van der Waals surface area contributed by atoms with E-state index < -0.39 is 17.4 Å². The van der Waals surface area contributed by atoms with Crippen molar-refractivity contribution in [1.29, 1.82) is 0 Å². The molecule has 3 N–H and O–H groups in total. The molecule has 142 heavy (non-hydrogen) atoms. The van der Waals surface area contributed by atoms with Gasteiger partial charge in [0.2, 0.25) is 0 Å². The maximum absolute atomic E-state index is 13.6. The molecular weight excluding hydrogens is 1810 g/mol. The van der Waals surface area contributed by atoms with Crippen molar-refractivity contribution in [2.75, 3.05) is 27.9 Å². The number of anilines is 8. The van der Waals surface area contributed by atoms with E-state index in [1.165, 1.54) is 62.1 Å². The first-order valence-electron chi connectivity index (χ1n) is 47.0. The molecule has 0 amide bonds. The molecule has 0 aliphatic rings. The Morgan fingerprint density at radius 3 is 1.02 bits per heavy atom. The summed E-state index contributed by atoms with van der Waals surface area (Å²) >= 11 is 0. The summed E-state index contributed by atoms with van der Waals surface area (Å²) < 4.78 is 87.1. The molecule has 0 saturated carbocycles. The van der Waals surface area contributed by atoms with Gasteiger partial charge in [0.25, 0.3) is 34.1 Å². The van der Waals surface area contributed by atoms with Crippen LogP contribution in [0.1, 0.15) is 103 Å². The van der Waals surface area contributed by atoms with Gasteiger partial charge in [0, 0.05) is 184 Å². The van der Waals surface area contributed by atoms with Crippen molar-refractivity contribution in [2.45, 2.75) is 133 Å². The predicted molar refractivity (Wildman–Crippen MR) is 557 cm³/mol. The zero-order valence-corrected chi connectivity index (χ0v) is 82.0. The minimum Gasteiger partial charge on any atom is -0.341 e. The number of benzene rings is 8. The summed E-state index contributed by atoms with van der Waals surface area (Å²) in [6, 6.07) is 75.1. The minimum atomic E-state index is -2.92. The molecule has 10 heterocycles. The average Bonchev–Trinajstić information content (AvgIpc) is 1.62. The number of rotatable bonds is 28. The zero-order valence-electron chi connectivity index (χ0n) is 82.0. The van der Waals surface area contributed by atoms with Gasteiger partial charge in [0.1, 0.15) is 50.8 Å². The summed E-state index contributed by atoms with van der Waals surface area (Å²) in [6.45, 7) is 21.5. The van der Waals surface area contributed by atoms with Crippen molar-refractivity contribution in [3.63, 3.8) is 0 Å². The van der Waals surface area contributed by atoms with E-state index in [0.717, 1.165) is 95.2 Å². The monoisotopic (exact) mass is 1920 g/mol. The first-order valence-corrected chi connectivity index (χ1v) is 47.0. The standard InChI is InChI=1S/C30H31N5O2.C29H28FN5O2.2C26H28F2N4O2/c1-21(2)18-35-26-20-34(19-22-13-15-23(16-14-22)25-12-8-9-17-31-25)28(27(26)29(36)33(4)30(35)37)32(3)24-10-6-5-7-11-24;1-19(2)16-35-25-18-34(17-20-7-9-21(10-8-20)24-6-4-5-15-31-24)27(26(25)28(36)33(3)29(35)37)32-23-13-11-22(30)12-14-23;1-17(2)14-32-21-16-31(15-18-10-12-19(13-11-18)26(3,27)28)23(29-20-8-6-5-7-9-20)22(21)24(33)30(4)25(32)34;1-17(2)14-32-22-21(24(33)30(4)25(32)34)16-31(23(22)29-20-8-6-5-7-9-20)15-18-10-12-19(13-11-18)26(3,27)28/h5-17,20-21H,18-19H2,1-4H3;4-15,18-19,32H,16-17H2,1-3H3;2*5-13,16-17,29H,14-15H2,1-4H3. The summed E-state index contributed by atoms with van der Waals surface area (Å²) in [5.41, 5.74) is 10.1. The molecular formula is C111H115F5N18O8. The zero-order chi connectivity index (χ0) is 101. The third-order valence-corrected chi connectivity index (χ3v) is 24.5. The fourth-order valence-corrected chi connectivity index (χ4v) is 17.4. The molecule has 732 valence electrons. The molecule has 10 aromatic heterocycles. The lowest BCUT2D eigenvalue weighted by molar-refractivity contribution is 0.0168. The van der Waals surface area contributed by atoms with Crippen molar-refractivity contribution < 1.29 is 22.0 Å². The molecule has 0 bridgehead atoms. The summed E-state index contributed by atoms with van der Waals surface area (Å²) in [5.74, 6) is -2.91. The summed E-state index contributed by atoms with van der Waals surface area (Å²) in [7, 11) is 7.97. The molecule has 0 fully saturated rings. The fraction of sp³-hybridized carbons (Fsp3) is 0.261. The van der Waals surface area contributed by atoms with Gasteiger partial charge in [-0.05, 0) is 131 Å². The first-order chi connectivity index (χ1) is 67.8. The van der Waals surface area contributed by atoms with Gasteiger partial charge in [0.05, 0.1) is 33.3 Å². The van der Waals surface area contributed by atoms with Crippen LogP contribution in [0.3, 0.4) is 0 Å². The van der Waals surface area contributed by atoms with Crippen LogP contribution >= 0.6 is 0 Å². The van der Waals surface area contributed by atoms with Gasteiger partial charge >= 0.3 is 22.8 Å². The van der Waals surface area contributed by atoms with Crippen LogP contribution in [0, 0.1) is 29.5 Å². The minimum absolute atomic E-state index is 0.0591. The van der Waals surface area contributed by atoms with E-state index in [2.05, 4.69) is 68.6 Å². The quantitative estimate of drug-likeness (QED) is 0.0385. The van der Waals surface area contributed by atoms with E-state index in [9.17, 15) is 60.3 Å². The summed E-state index contributed by atoms with van der Waals surface area (Å²) in [5, 5.41) is 11.8. The number of para-hydroxylation sites is 3. The van der Waals surface area contributed by atoms with Gasteiger partial charge in [0.15, 0.2) is 0 Å². The second-order valence-electron chi connectivity index (χ2n) is 37.5. The number of halogens is 5. The largest absolute Gasteiger partial charge is 0.341 e. The molecule has 0 saturated heterocycles. The van der Waals surface area contributed by atoms with E-state index >= 15 is 0 Å². The highest BCUT2D eigenvalue weighted by Crippen LogP contribution is 2.37. The van der Waals surface area contributed by atoms with E-state index in [4.69, 9.17) is 0 Å². The number of aromatic nitrogens is 14. The summed E-state index contributed by atoms with van der Waals surface area (Å²) in [6.07, 6.45) is 10.9. The van der Waals surface area contributed by atoms with Crippen LogP contribution < -0.4 is 65.8 Å². The van der Waals surface area contributed by atoms with Gasteiger partial charge in [-0.3, -0.25) is 65.7 Å². The van der Waals surface area contributed by atoms with Crippen LogP contribution in [0.5, 0.6) is 0 Å². The van der Waals surface area contributed by atoms with Crippen LogP contribution in [0.4, 0.5) is 68.0 Å². The number of hydrogen-bond acceptors (Lipinski definition) is 14. The first kappa shape index (κ1) is 100. The number of hydrogen-bond donors (Lipinski definition) is 3. The van der Waals surface area contributed by atoms with Gasteiger partial charge in [-0.15, -0.1) is 0 Å². The lowest BCUT2D eigenvalue weighted by Crippen LogP contribution is -2.38. The van der Waals surface area contributed by atoms with Crippen LogP contribution in [0.15, 0.2) is 324 Å². The predicted octanol–water partition coefficient (Wildman–Crippen LogP) is 20.3. The van der Waals surface area contributed by atoms with E-state index in [-0.39, 0.29) is 80.1 Å². The Hall–Kier alpha value is -16.2. The lowest BCUT2D eigenvalue weighted by Gasteiger charge is -2.22. The van der Waals surface area contributed by atoms with Crippen molar-refractivity contribution in [3.05, 3.63) is 408 Å². The van der Waals surface area contributed by atoms with Gasteiger partial charge < -0.3 is 39.1 Å². The highest BCUT2D eigenvalue weighted by Gasteiger charge is 2.30. The van der Waals surface area contributed by atoms with Crippen molar-refractivity contribution >= 4 is 89.6 Å². The van der Waals surface area contributed by atoms with Crippen LogP contribution in [0.2, 0.25) is 0 Å². The Morgan fingerprint density at radius 1 is 0.338 bits per heavy atom. The maximum atomic E-state index is 13.6. The second-order valence-corrected chi connectivity index (χ2v) is 37.5. The molecule has 0 unspecified atom stereocenters. The Labute approximate surface area is 816 Å². The molecule has 0 aliphatic carbocycles. The molecule has 0 atom stereocenters. The van der Waals surface area contributed by atoms with Crippen molar-refractivity contribution in [2.24, 2.45) is 51.9 Å². The van der Waals surface area contributed by atoms with Gasteiger partial charge in [-0.1, -0.05) is 219 Å². The Bertz CT molecular complexity index is 8010. The van der Waals surface area contributed by atoms with Crippen molar-refractivity contribution in [3.8, 4) is 22.5 Å². The summed E-state index contributed by atoms with van der Waals surface area (Å²) in [4.78, 5) is 116. The van der Waals surface area contributed by atoms with E-state index in [0.29, 0.717) is 119 Å².